The van der Waals surface area contributed by atoms with Gasteiger partial charge in [-0.05, 0) is 18.9 Å². The smallest absolute Gasteiger partial charge is 0.228 e. The third-order valence-corrected chi connectivity index (χ3v) is 4.56. The number of rotatable bonds is 2. The third kappa shape index (κ3) is 2.36. The SMILES string of the molecule is O=C(N[C@@H]1CCc2nccn2C1)[C@@H]1CCOc2ccccc21. The highest BCUT2D eigenvalue weighted by atomic mass is 16.5. The number of carbonyl (C=O) groups is 1. The Morgan fingerprint density at radius 3 is 3.18 bits per heavy atom. The Kier molecular flexibility index (Phi) is 3.33. The number of para-hydroxylation sites is 1. The number of nitrogens with zero attached hydrogens (tertiary/aromatic N) is 2. The number of ether oxygens (including phenoxy) is 1. The fraction of sp³-hybridized carbons (Fsp3) is 0.412. The van der Waals surface area contributed by atoms with Gasteiger partial charge in [-0.1, -0.05) is 18.2 Å². The molecule has 1 amide bonds. The Bertz CT molecular complexity index is 695. The van der Waals surface area contributed by atoms with Gasteiger partial charge in [-0.3, -0.25) is 4.79 Å². The van der Waals surface area contributed by atoms with E-state index in [2.05, 4.69) is 14.9 Å². The van der Waals surface area contributed by atoms with Crippen LogP contribution in [0.5, 0.6) is 5.75 Å². The molecular weight excluding hydrogens is 278 g/mol. The van der Waals surface area contributed by atoms with Crippen LogP contribution >= 0.6 is 0 Å². The van der Waals surface area contributed by atoms with E-state index in [1.807, 2.05) is 36.7 Å². The molecule has 1 aromatic heterocycles. The summed E-state index contributed by atoms with van der Waals surface area (Å²) < 4.78 is 7.77. The average Bonchev–Trinajstić information content (AvgIpc) is 3.02. The second-order valence-corrected chi connectivity index (χ2v) is 5.97. The molecule has 0 unspecified atom stereocenters. The molecule has 0 aliphatic carbocycles. The molecule has 2 atom stereocenters. The van der Waals surface area contributed by atoms with E-state index in [0.717, 1.165) is 42.9 Å². The van der Waals surface area contributed by atoms with Crippen molar-refractivity contribution < 1.29 is 9.53 Å². The molecule has 2 aliphatic rings. The van der Waals surface area contributed by atoms with Crippen molar-refractivity contribution in [3.05, 3.63) is 48.0 Å². The van der Waals surface area contributed by atoms with Crippen molar-refractivity contribution in [1.82, 2.24) is 14.9 Å². The zero-order valence-corrected chi connectivity index (χ0v) is 12.4. The molecule has 5 heteroatoms. The molecule has 114 valence electrons. The Labute approximate surface area is 129 Å². The highest BCUT2D eigenvalue weighted by molar-refractivity contribution is 5.85. The highest BCUT2D eigenvalue weighted by Crippen LogP contribution is 2.33. The van der Waals surface area contributed by atoms with Gasteiger partial charge in [0.05, 0.1) is 12.5 Å². The van der Waals surface area contributed by atoms with Gasteiger partial charge in [0.25, 0.3) is 0 Å². The zero-order chi connectivity index (χ0) is 14.9. The molecule has 3 heterocycles. The Hall–Kier alpha value is -2.30. The lowest BCUT2D eigenvalue weighted by atomic mass is 9.92. The summed E-state index contributed by atoms with van der Waals surface area (Å²) in [5.74, 6) is 1.97. The number of aromatic nitrogens is 2. The third-order valence-electron chi connectivity index (χ3n) is 4.56. The molecule has 22 heavy (non-hydrogen) atoms. The van der Waals surface area contributed by atoms with Crippen LogP contribution in [-0.4, -0.2) is 28.1 Å². The number of hydrogen-bond donors (Lipinski definition) is 1. The second-order valence-electron chi connectivity index (χ2n) is 5.97. The minimum absolute atomic E-state index is 0.103. The fourth-order valence-electron chi connectivity index (χ4n) is 3.40. The van der Waals surface area contributed by atoms with E-state index in [1.165, 1.54) is 0 Å². The van der Waals surface area contributed by atoms with Crippen molar-refractivity contribution in [2.75, 3.05) is 6.61 Å². The number of imidazole rings is 1. The summed E-state index contributed by atoms with van der Waals surface area (Å²) in [6.07, 6.45) is 6.42. The lowest BCUT2D eigenvalue weighted by Gasteiger charge is -2.29. The summed E-state index contributed by atoms with van der Waals surface area (Å²) in [6, 6.07) is 8.03. The molecule has 0 radical (unpaired) electrons. The Morgan fingerprint density at radius 1 is 1.32 bits per heavy atom. The van der Waals surface area contributed by atoms with Crippen LogP contribution in [0.4, 0.5) is 0 Å². The van der Waals surface area contributed by atoms with Gasteiger partial charge in [-0.25, -0.2) is 4.98 Å². The zero-order valence-electron chi connectivity index (χ0n) is 12.4. The van der Waals surface area contributed by atoms with Gasteiger partial charge >= 0.3 is 0 Å². The molecule has 1 aromatic carbocycles. The van der Waals surface area contributed by atoms with Gasteiger partial charge in [0, 0.05) is 37.0 Å². The fourth-order valence-corrected chi connectivity index (χ4v) is 3.40. The van der Waals surface area contributed by atoms with E-state index in [9.17, 15) is 4.79 Å². The first kappa shape index (κ1) is 13.4. The summed E-state index contributed by atoms with van der Waals surface area (Å²) in [4.78, 5) is 17.0. The van der Waals surface area contributed by atoms with Crippen LogP contribution in [0.15, 0.2) is 36.7 Å². The van der Waals surface area contributed by atoms with E-state index in [4.69, 9.17) is 4.74 Å². The first-order valence-corrected chi connectivity index (χ1v) is 7.83. The van der Waals surface area contributed by atoms with Crippen LogP contribution < -0.4 is 10.1 Å². The van der Waals surface area contributed by atoms with Crippen molar-refractivity contribution in [3.8, 4) is 5.75 Å². The number of amides is 1. The molecule has 0 fully saturated rings. The summed E-state index contributed by atoms with van der Waals surface area (Å²) in [5.41, 5.74) is 1.00. The lowest BCUT2D eigenvalue weighted by molar-refractivity contribution is -0.124. The van der Waals surface area contributed by atoms with Gasteiger partial charge in [0.2, 0.25) is 5.91 Å². The molecule has 2 aliphatic heterocycles. The molecular formula is C17H19N3O2. The second kappa shape index (κ2) is 5.48. The molecule has 0 spiro atoms. The van der Waals surface area contributed by atoms with Crippen molar-refractivity contribution in [1.29, 1.82) is 0 Å². The molecule has 2 aromatic rings. The van der Waals surface area contributed by atoms with Crippen LogP contribution in [-0.2, 0) is 17.8 Å². The monoisotopic (exact) mass is 297 g/mol. The molecule has 0 bridgehead atoms. The number of aryl methyl sites for hydroxylation is 1. The predicted molar refractivity (Wildman–Crippen MR) is 81.8 cm³/mol. The van der Waals surface area contributed by atoms with Gasteiger partial charge in [-0.2, -0.15) is 0 Å². The molecule has 5 nitrogen and oxygen atoms in total. The van der Waals surface area contributed by atoms with E-state index < -0.39 is 0 Å². The molecule has 0 saturated heterocycles. The molecule has 4 rings (SSSR count). The summed E-state index contributed by atoms with van der Waals surface area (Å²) in [7, 11) is 0. The Balaban J connectivity index is 1.47. The maximum Gasteiger partial charge on any atom is 0.228 e. The summed E-state index contributed by atoms with van der Waals surface area (Å²) in [6.45, 7) is 1.41. The number of hydrogen-bond acceptors (Lipinski definition) is 3. The van der Waals surface area contributed by atoms with Crippen molar-refractivity contribution in [2.24, 2.45) is 0 Å². The average molecular weight is 297 g/mol. The predicted octanol–water partition coefficient (Wildman–Crippen LogP) is 1.88. The maximum absolute atomic E-state index is 12.7. The van der Waals surface area contributed by atoms with Crippen LogP contribution in [0.3, 0.4) is 0 Å². The van der Waals surface area contributed by atoms with Crippen LogP contribution in [0.2, 0.25) is 0 Å². The van der Waals surface area contributed by atoms with Gasteiger partial charge in [0.1, 0.15) is 11.6 Å². The topological polar surface area (TPSA) is 56.2 Å². The summed E-state index contributed by atoms with van der Waals surface area (Å²) >= 11 is 0. The van der Waals surface area contributed by atoms with Crippen molar-refractivity contribution in [2.45, 2.75) is 37.8 Å². The largest absolute Gasteiger partial charge is 0.493 e. The highest BCUT2D eigenvalue weighted by Gasteiger charge is 2.29. The minimum atomic E-state index is -0.103. The van der Waals surface area contributed by atoms with E-state index in [1.54, 1.807) is 0 Å². The minimum Gasteiger partial charge on any atom is -0.493 e. The number of fused-ring (bicyclic) bond motifs is 2. The van der Waals surface area contributed by atoms with Crippen LogP contribution in [0, 0.1) is 0 Å². The van der Waals surface area contributed by atoms with Crippen LogP contribution in [0.1, 0.15) is 30.1 Å². The van der Waals surface area contributed by atoms with Crippen molar-refractivity contribution >= 4 is 5.91 Å². The van der Waals surface area contributed by atoms with Gasteiger partial charge in [0.15, 0.2) is 0 Å². The lowest BCUT2D eigenvalue weighted by Crippen LogP contribution is -2.43. The van der Waals surface area contributed by atoms with E-state index in [-0.39, 0.29) is 17.9 Å². The van der Waals surface area contributed by atoms with Crippen molar-refractivity contribution in [3.63, 3.8) is 0 Å². The normalized spacial score (nSPS) is 23.1. The summed E-state index contributed by atoms with van der Waals surface area (Å²) in [5, 5.41) is 3.22. The van der Waals surface area contributed by atoms with E-state index in [0.29, 0.717) is 6.61 Å². The standard InChI is InChI=1S/C17H19N3O2/c21-17(14-7-10-22-15-4-2-1-3-13(14)15)19-12-5-6-16-18-8-9-20(16)11-12/h1-4,8-9,12,14H,5-7,10-11H2,(H,19,21)/t12-,14-/m1/s1. The molecule has 1 N–H and O–H groups in total. The number of nitrogens with one attached hydrogen (secondary N) is 1. The van der Waals surface area contributed by atoms with Gasteiger partial charge in [-0.15, -0.1) is 0 Å². The Morgan fingerprint density at radius 2 is 2.23 bits per heavy atom. The number of benzene rings is 1. The first-order chi connectivity index (χ1) is 10.8. The maximum atomic E-state index is 12.7. The van der Waals surface area contributed by atoms with E-state index >= 15 is 0 Å². The number of carbonyl (C=O) groups excluding carboxylic acids is 1. The molecule has 0 saturated carbocycles. The quantitative estimate of drug-likeness (QED) is 0.921. The van der Waals surface area contributed by atoms with Crippen LogP contribution in [0.25, 0.3) is 0 Å². The van der Waals surface area contributed by atoms with Gasteiger partial charge < -0.3 is 14.6 Å². The first-order valence-electron chi connectivity index (χ1n) is 7.83.